The number of hydrogen-bond acceptors (Lipinski definition) is 6. The van der Waals surface area contributed by atoms with E-state index < -0.39 is 11.7 Å². The summed E-state index contributed by atoms with van der Waals surface area (Å²) in [7, 11) is 0. The van der Waals surface area contributed by atoms with Gasteiger partial charge < -0.3 is 15.2 Å². The van der Waals surface area contributed by atoms with Crippen molar-refractivity contribution in [2.24, 2.45) is 5.92 Å². The van der Waals surface area contributed by atoms with Crippen LogP contribution in [0.4, 0.5) is 9.52 Å². The molecule has 0 unspecified atom stereocenters. The first kappa shape index (κ1) is 23.9. The molecule has 2 atom stereocenters. The largest absolute Gasteiger partial charge is 0.486 e. The van der Waals surface area contributed by atoms with Crippen LogP contribution in [0.5, 0.6) is 5.75 Å². The number of amides is 1. The van der Waals surface area contributed by atoms with Crippen molar-refractivity contribution in [3.8, 4) is 5.75 Å². The summed E-state index contributed by atoms with van der Waals surface area (Å²) in [5.74, 6) is 0.230. The van der Waals surface area contributed by atoms with E-state index in [1.54, 1.807) is 18.2 Å². The van der Waals surface area contributed by atoms with Gasteiger partial charge in [0, 0.05) is 18.1 Å². The number of benzene rings is 2. The van der Waals surface area contributed by atoms with Crippen LogP contribution in [-0.2, 0) is 4.79 Å². The average Bonchev–Trinajstić information content (AvgIpc) is 3.13. The van der Waals surface area contributed by atoms with Gasteiger partial charge in [0.25, 0.3) is 0 Å². The molecule has 2 N–H and O–H groups in total. The Morgan fingerprint density at radius 2 is 2.12 bits per heavy atom. The topological polar surface area (TPSA) is 74.7 Å². The molecule has 2 aromatic carbocycles. The Balaban J connectivity index is 1.42. The van der Waals surface area contributed by atoms with E-state index in [4.69, 9.17) is 16.3 Å². The van der Waals surface area contributed by atoms with Crippen molar-refractivity contribution in [3.05, 3.63) is 53.3 Å². The zero-order valence-electron chi connectivity index (χ0n) is 18.6. The Hall–Kier alpha value is -2.26. The second-order valence-corrected chi connectivity index (χ2v) is 10.4. The number of rotatable bonds is 7. The molecule has 176 valence electrons. The van der Waals surface area contributed by atoms with E-state index in [1.807, 2.05) is 17.0 Å². The van der Waals surface area contributed by atoms with Crippen LogP contribution in [0.2, 0.25) is 5.02 Å². The quantitative estimate of drug-likeness (QED) is 0.488. The van der Waals surface area contributed by atoms with E-state index in [1.165, 1.54) is 23.5 Å². The third-order valence-electron chi connectivity index (χ3n) is 5.70. The maximum absolute atomic E-state index is 13.3. The van der Waals surface area contributed by atoms with Crippen LogP contribution in [0.25, 0.3) is 10.2 Å². The van der Waals surface area contributed by atoms with Crippen LogP contribution in [-0.4, -0.2) is 52.2 Å². The molecule has 0 bridgehead atoms. The highest BCUT2D eigenvalue weighted by Crippen LogP contribution is 2.33. The summed E-state index contributed by atoms with van der Waals surface area (Å²) in [5.41, 5.74) is -0.244. The van der Waals surface area contributed by atoms with Crippen molar-refractivity contribution in [1.29, 1.82) is 0 Å². The molecule has 1 fully saturated rings. The fourth-order valence-electron chi connectivity index (χ4n) is 4.23. The van der Waals surface area contributed by atoms with Gasteiger partial charge in [-0.1, -0.05) is 36.8 Å². The minimum absolute atomic E-state index is 0.151. The number of piperidine rings is 1. The first-order valence-corrected chi connectivity index (χ1v) is 12.1. The summed E-state index contributed by atoms with van der Waals surface area (Å²) >= 11 is 7.40. The van der Waals surface area contributed by atoms with Crippen LogP contribution in [0.15, 0.2) is 42.5 Å². The molecule has 1 aliphatic heterocycles. The molecule has 9 heteroatoms. The number of halogens is 2. The van der Waals surface area contributed by atoms with Gasteiger partial charge in [-0.15, -0.1) is 0 Å². The van der Waals surface area contributed by atoms with Crippen LogP contribution in [0, 0.1) is 11.7 Å². The SMILES string of the molecule is CC(C)C[C@]1(O)CCN(CC(=O)Nc2nc3ccc(Cl)cc3s2)C[C@@H]1Oc1ccc(F)cc1. The van der Waals surface area contributed by atoms with Gasteiger partial charge in [0.15, 0.2) is 5.13 Å². The number of fused-ring (bicyclic) bond motifs is 1. The van der Waals surface area contributed by atoms with Crippen LogP contribution in [0.1, 0.15) is 26.7 Å². The fourth-order valence-corrected chi connectivity index (χ4v) is 5.39. The lowest BCUT2D eigenvalue weighted by molar-refractivity contribution is -0.129. The second-order valence-electron chi connectivity index (χ2n) is 8.93. The highest BCUT2D eigenvalue weighted by Gasteiger charge is 2.43. The van der Waals surface area contributed by atoms with Crippen LogP contribution in [0.3, 0.4) is 0 Å². The maximum Gasteiger partial charge on any atom is 0.240 e. The smallest absolute Gasteiger partial charge is 0.240 e. The third-order valence-corrected chi connectivity index (χ3v) is 6.87. The van der Waals surface area contributed by atoms with E-state index in [2.05, 4.69) is 24.1 Å². The van der Waals surface area contributed by atoms with Gasteiger partial charge in [0.2, 0.25) is 5.91 Å². The Morgan fingerprint density at radius 3 is 2.85 bits per heavy atom. The molecule has 1 saturated heterocycles. The van der Waals surface area contributed by atoms with Crippen molar-refractivity contribution in [2.75, 3.05) is 25.0 Å². The normalized spacial score (nSPS) is 21.5. The number of anilines is 1. The molecule has 0 spiro atoms. The van der Waals surface area contributed by atoms with Gasteiger partial charge in [-0.05, 0) is 61.2 Å². The Kier molecular flexibility index (Phi) is 7.19. The first-order valence-electron chi connectivity index (χ1n) is 10.9. The van der Waals surface area contributed by atoms with E-state index in [-0.39, 0.29) is 24.2 Å². The summed E-state index contributed by atoms with van der Waals surface area (Å²) < 4.78 is 20.3. The Morgan fingerprint density at radius 1 is 1.36 bits per heavy atom. The summed E-state index contributed by atoms with van der Waals surface area (Å²) in [4.78, 5) is 19.1. The first-order chi connectivity index (χ1) is 15.7. The van der Waals surface area contributed by atoms with Crippen molar-refractivity contribution in [2.45, 2.75) is 38.4 Å². The van der Waals surface area contributed by atoms with Crippen LogP contribution >= 0.6 is 22.9 Å². The third kappa shape index (κ3) is 6.00. The zero-order chi connectivity index (χ0) is 23.6. The standard InChI is InChI=1S/C24H27ClFN3O3S/c1-15(2)12-24(31)9-10-29(13-21(24)32-18-6-4-17(26)5-7-18)14-22(30)28-23-27-19-8-3-16(25)11-20(19)33-23/h3-8,11,15,21,31H,9-10,12-14H2,1-2H3,(H,27,28,30)/t21-,24+/m0/s1. The molecule has 3 aromatic rings. The number of aromatic nitrogens is 1. The van der Waals surface area contributed by atoms with E-state index >= 15 is 0 Å². The van der Waals surface area contributed by atoms with E-state index in [9.17, 15) is 14.3 Å². The molecule has 0 aliphatic carbocycles. The Labute approximate surface area is 201 Å². The molecule has 2 heterocycles. The lowest BCUT2D eigenvalue weighted by atomic mass is 9.81. The molecule has 1 aromatic heterocycles. The number of ether oxygens (including phenoxy) is 1. The molecule has 6 nitrogen and oxygen atoms in total. The molecular formula is C24H27ClFN3O3S. The molecule has 0 saturated carbocycles. The van der Waals surface area contributed by atoms with Gasteiger partial charge in [-0.3, -0.25) is 9.69 Å². The molecule has 33 heavy (non-hydrogen) atoms. The van der Waals surface area contributed by atoms with Gasteiger partial charge in [-0.2, -0.15) is 0 Å². The highest BCUT2D eigenvalue weighted by molar-refractivity contribution is 7.22. The number of carbonyl (C=O) groups excluding carboxylic acids is 1. The van der Waals surface area contributed by atoms with Crippen molar-refractivity contribution < 1.29 is 19.0 Å². The summed E-state index contributed by atoms with van der Waals surface area (Å²) in [6.07, 6.45) is 0.508. The summed E-state index contributed by atoms with van der Waals surface area (Å²) in [6.45, 7) is 5.20. The lowest BCUT2D eigenvalue weighted by Gasteiger charge is -2.44. The maximum atomic E-state index is 13.3. The monoisotopic (exact) mass is 491 g/mol. The number of nitrogens with zero attached hydrogens (tertiary/aromatic N) is 2. The van der Waals surface area contributed by atoms with Crippen LogP contribution < -0.4 is 10.1 Å². The zero-order valence-corrected chi connectivity index (χ0v) is 20.1. The number of likely N-dealkylation sites (tertiary alicyclic amines) is 1. The summed E-state index contributed by atoms with van der Waals surface area (Å²) in [6, 6.07) is 11.2. The Bertz CT molecular complexity index is 1120. The molecular weight excluding hydrogens is 465 g/mol. The predicted molar refractivity (Wildman–Crippen MR) is 130 cm³/mol. The molecule has 0 radical (unpaired) electrons. The van der Waals surface area contributed by atoms with Crippen molar-refractivity contribution >= 4 is 44.2 Å². The fraction of sp³-hybridized carbons (Fsp3) is 0.417. The minimum atomic E-state index is -1.03. The lowest BCUT2D eigenvalue weighted by Crippen LogP contribution is -2.59. The predicted octanol–water partition coefficient (Wildman–Crippen LogP) is 4.96. The number of aliphatic hydroxyl groups is 1. The van der Waals surface area contributed by atoms with Gasteiger partial charge in [0.1, 0.15) is 23.3 Å². The molecule has 4 rings (SSSR count). The summed E-state index contributed by atoms with van der Waals surface area (Å²) in [5, 5.41) is 15.4. The number of thiazole rings is 1. The number of nitrogens with one attached hydrogen (secondary N) is 1. The number of hydrogen-bond donors (Lipinski definition) is 2. The van der Waals surface area contributed by atoms with Crippen molar-refractivity contribution in [3.63, 3.8) is 0 Å². The molecule has 1 aliphatic rings. The number of carbonyl (C=O) groups is 1. The molecule has 1 amide bonds. The van der Waals surface area contributed by atoms with Gasteiger partial charge >= 0.3 is 0 Å². The van der Waals surface area contributed by atoms with Gasteiger partial charge in [0.05, 0.1) is 16.8 Å². The minimum Gasteiger partial charge on any atom is -0.486 e. The van der Waals surface area contributed by atoms with Gasteiger partial charge in [-0.25, -0.2) is 9.37 Å². The van der Waals surface area contributed by atoms with E-state index in [0.29, 0.717) is 41.8 Å². The average molecular weight is 492 g/mol. The van der Waals surface area contributed by atoms with Crippen molar-refractivity contribution in [1.82, 2.24) is 9.88 Å². The highest BCUT2D eigenvalue weighted by atomic mass is 35.5. The van der Waals surface area contributed by atoms with E-state index in [0.717, 1.165) is 10.2 Å². The second kappa shape index (κ2) is 9.93.